The van der Waals surface area contributed by atoms with Crippen molar-refractivity contribution in [3.05, 3.63) is 81.0 Å². The summed E-state index contributed by atoms with van der Waals surface area (Å²) in [4.78, 5) is 9.12. The van der Waals surface area contributed by atoms with Crippen molar-refractivity contribution in [2.45, 2.75) is 13.3 Å². The first-order valence-corrected chi connectivity index (χ1v) is 9.27. The van der Waals surface area contributed by atoms with Gasteiger partial charge >= 0.3 is 0 Å². The quantitative estimate of drug-likeness (QED) is 0.423. The van der Waals surface area contributed by atoms with Gasteiger partial charge in [-0.25, -0.2) is 14.4 Å². The SMILES string of the molecule is Cc1nc(-c2ccc(F)cc2)oc1-c1csc(Cc2ccc(Cl)cc2)n1. The monoisotopic (exact) mass is 384 g/mol. The molecule has 0 bridgehead atoms. The first-order valence-electron chi connectivity index (χ1n) is 8.01. The Kier molecular flexibility index (Phi) is 4.57. The summed E-state index contributed by atoms with van der Waals surface area (Å²) >= 11 is 7.50. The number of hydrogen-bond donors (Lipinski definition) is 0. The lowest BCUT2D eigenvalue weighted by atomic mass is 10.2. The highest BCUT2D eigenvalue weighted by Gasteiger charge is 2.16. The fraction of sp³-hybridized carbons (Fsp3) is 0.100. The second-order valence-electron chi connectivity index (χ2n) is 5.87. The maximum Gasteiger partial charge on any atom is 0.227 e. The van der Waals surface area contributed by atoms with Crippen LogP contribution in [0.3, 0.4) is 0 Å². The Morgan fingerprint density at radius 3 is 2.50 bits per heavy atom. The molecule has 0 N–H and O–H groups in total. The Morgan fingerprint density at radius 1 is 1.04 bits per heavy atom. The van der Waals surface area contributed by atoms with Crippen molar-refractivity contribution in [3.8, 4) is 22.9 Å². The maximum atomic E-state index is 13.1. The van der Waals surface area contributed by atoms with E-state index >= 15 is 0 Å². The van der Waals surface area contributed by atoms with E-state index in [0.29, 0.717) is 11.7 Å². The van der Waals surface area contributed by atoms with Crippen LogP contribution >= 0.6 is 22.9 Å². The molecule has 6 heteroatoms. The molecule has 0 atom stereocenters. The Bertz CT molecular complexity index is 1040. The first-order chi connectivity index (χ1) is 12.6. The number of aryl methyl sites for hydroxylation is 1. The zero-order valence-electron chi connectivity index (χ0n) is 13.9. The number of rotatable bonds is 4. The van der Waals surface area contributed by atoms with Gasteiger partial charge in [-0.1, -0.05) is 23.7 Å². The van der Waals surface area contributed by atoms with Crippen LogP contribution < -0.4 is 0 Å². The summed E-state index contributed by atoms with van der Waals surface area (Å²) in [6, 6.07) is 13.8. The van der Waals surface area contributed by atoms with Crippen LogP contribution in [0.1, 0.15) is 16.3 Å². The van der Waals surface area contributed by atoms with Crippen molar-refractivity contribution >= 4 is 22.9 Å². The van der Waals surface area contributed by atoms with Crippen LogP contribution in [0, 0.1) is 12.7 Å². The average Bonchev–Trinajstić information content (AvgIpc) is 3.24. The molecule has 0 amide bonds. The molecular weight excluding hydrogens is 371 g/mol. The molecule has 0 saturated carbocycles. The van der Waals surface area contributed by atoms with E-state index < -0.39 is 0 Å². The minimum Gasteiger partial charge on any atom is -0.434 e. The van der Waals surface area contributed by atoms with E-state index in [4.69, 9.17) is 16.0 Å². The predicted molar refractivity (Wildman–Crippen MR) is 102 cm³/mol. The van der Waals surface area contributed by atoms with Crippen molar-refractivity contribution in [1.82, 2.24) is 9.97 Å². The summed E-state index contributed by atoms with van der Waals surface area (Å²) in [7, 11) is 0. The molecule has 0 saturated heterocycles. The molecule has 130 valence electrons. The molecule has 0 aliphatic carbocycles. The third-order valence-corrected chi connectivity index (χ3v) is 5.04. The summed E-state index contributed by atoms with van der Waals surface area (Å²) in [6.45, 7) is 1.88. The van der Waals surface area contributed by atoms with E-state index in [9.17, 15) is 4.39 Å². The number of oxazole rings is 1. The van der Waals surface area contributed by atoms with Crippen LogP contribution in [0.25, 0.3) is 22.9 Å². The van der Waals surface area contributed by atoms with Crippen LogP contribution in [0.2, 0.25) is 5.02 Å². The molecular formula is C20H14ClFN2OS. The fourth-order valence-corrected chi connectivity index (χ4v) is 3.56. The molecule has 26 heavy (non-hydrogen) atoms. The first kappa shape index (κ1) is 16.9. The summed E-state index contributed by atoms with van der Waals surface area (Å²) < 4.78 is 19.0. The Morgan fingerprint density at radius 2 is 1.77 bits per heavy atom. The highest BCUT2D eigenvalue weighted by molar-refractivity contribution is 7.10. The lowest BCUT2D eigenvalue weighted by Crippen LogP contribution is -1.87. The number of hydrogen-bond acceptors (Lipinski definition) is 4. The van der Waals surface area contributed by atoms with E-state index in [1.807, 2.05) is 36.6 Å². The van der Waals surface area contributed by atoms with Crippen LogP contribution in [-0.4, -0.2) is 9.97 Å². The Labute approximate surface area is 159 Å². The lowest BCUT2D eigenvalue weighted by Gasteiger charge is -1.98. The molecule has 2 aromatic carbocycles. The van der Waals surface area contributed by atoms with Crippen molar-refractivity contribution in [3.63, 3.8) is 0 Å². The smallest absolute Gasteiger partial charge is 0.227 e. The standard InChI is InChI=1S/C20H14ClFN2OS/c1-12-19(25-20(23-12)14-4-8-16(22)9-5-14)17-11-26-18(24-17)10-13-2-6-15(21)7-3-13/h2-9,11H,10H2,1H3. The largest absolute Gasteiger partial charge is 0.434 e. The molecule has 4 rings (SSSR count). The topological polar surface area (TPSA) is 38.9 Å². The number of benzene rings is 2. The second-order valence-corrected chi connectivity index (χ2v) is 7.25. The molecule has 0 unspecified atom stereocenters. The zero-order valence-corrected chi connectivity index (χ0v) is 15.4. The van der Waals surface area contributed by atoms with E-state index in [0.717, 1.165) is 39.0 Å². The Hall–Kier alpha value is -2.50. The summed E-state index contributed by atoms with van der Waals surface area (Å²) in [6.07, 6.45) is 0.736. The fourth-order valence-electron chi connectivity index (χ4n) is 2.62. The molecule has 2 heterocycles. The molecule has 0 radical (unpaired) electrons. The summed E-state index contributed by atoms with van der Waals surface area (Å²) in [5.74, 6) is 0.816. The molecule has 0 spiro atoms. The van der Waals surface area contributed by atoms with Crippen LogP contribution in [0.4, 0.5) is 4.39 Å². The summed E-state index contributed by atoms with van der Waals surface area (Å²) in [5, 5.41) is 3.67. The number of thiazole rings is 1. The zero-order chi connectivity index (χ0) is 18.1. The maximum absolute atomic E-state index is 13.1. The van der Waals surface area contributed by atoms with E-state index in [1.54, 1.807) is 23.5 Å². The predicted octanol–water partition coefficient (Wildman–Crippen LogP) is 6.16. The summed E-state index contributed by atoms with van der Waals surface area (Å²) in [5.41, 5.74) is 3.40. The normalized spacial score (nSPS) is 11.0. The molecule has 0 aliphatic rings. The molecule has 2 aromatic heterocycles. The second kappa shape index (κ2) is 7.02. The third kappa shape index (κ3) is 3.54. The number of nitrogens with zero attached hydrogens (tertiary/aromatic N) is 2. The van der Waals surface area contributed by atoms with Crippen LogP contribution in [-0.2, 0) is 6.42 Å². The van der Waals surface area contributed by atoms with Gasteiger partial charge in [0.25, 0.3) is 0 Å². The van der Waals surface area contributed by atoms with Gasteiger partial charge in [0.2, 0.25) is 5.89 Å². The van der Waals surface area contributed by atoms with Gasteiger partial charge < -0.3 is 4.42 Å². The van der Waals surface area contributed by atoms with E-state index in [2.05, 4.69) is 9.97 Å². The van der Waals surface area contributed by atoms with E-state index in [-0.39, 0.29) is 5.82 Å². The van der Waals surface area contributed by atoms with Crippen molar-refractivity contribution in [1.29, 1.82) is 0 Å². The average molecular weight is 385 g/mol. The molecule has 0 aliphatic heterocycles. The van der Waals surface area contributed by atoms with Crippen LogP contribution in [0.5, 0.6) is 0 Å². The van der Waals surface area contributed by atoms with E-state index in [1.165, 1.54) is 12.1 Å². The van der Waals surface area contributed by atoms with Crippen molar-refractivity contribution in [2.75, 3.05) is 0 Å². The highest BCUT2D eigenvalue weighted by Crippen LogP contribution is 2.31. The Balaban J connectivity index is 1.59. The van der Waals surface area contributed by atoms with Gasteiger partial charge in [-0.2, -0.15) is 0 Å². The minimum absolute atomic E-state index is 0.288. The van der Waals surface area contributed by atoms with Gasteiger partial charge in [-0.3, -0.25) is 0 Å². The minimum atomic E-state index is -0.288. The van der Waals surface area contributed by atoms with Crippen LogP contribution in [0.15, 0.2) is 58.3 Å². The van der Waals surface area contributed by atoms with Gasteiger partial charge in [0.15, 0.2) is 5.76 Å². The van der Waals surface area contributed by atoms with Gasteiger partial charge in [-0.05, 0) is 48.9 Å². The number of halogens is 2. The van der Waals surface area contributed by atoms with Gasteiger partial charge in [0, 0.05) is 22.4 Å². The lowest BCUT2D eigenvalue weighted by molar-refractivity contribution is 0.585. The number of aromatic nitrogens is 2. The molecule has 4 aromatic rings. The van der Waals surface area contributed by atoms with Gasteiger partial charge in [-0.15, -0.1) is 11.3 Å². The van der Waals surface area contributed by atoms with Crippen molar-refractivity contribution < 1.29 is 8.81 Å². The molecule has 3 nitrogen and oxygen atoms in total. The van der Waals surface area contributed by atoms with Gasteiger partial charge in [0.1, 0.15) is 11.5 Å². The molecule has 0 fully saturated rings. The highest BCUT2D eigenvalue weighted by atomic mass is 35.5. The third-order valence-electron chi connectivity index (χ3n) is 3.94. The van der Waals surface area contributed by atoms with Gasteiger partial charge in [0.05, 0.1) is 10.7 Å². The van der Waals surface area contributed by atoms with Crippen molar-refractivity contribution in [2.24, 2.45) is 0 Å².